The molecule has 3 aromatic heterocycles. The van der Waals surface area contributed by atoms with Gasteiger partial charge in [-0.05, 0) is 106 Å². The molecule has 7 heterocycles. The lowest BCUT2D eigenvalue weighted by atomic mass is 9.85. The molecule has 2 unspecified atom stereocenters. The van der Waals surface area contributed by atoms with Crippen LogP contribution in [0.5, 0.6) is 11.8 Å². The molecule has 6 aromatic rings. The number of unbranched alkanes of at least 4 members (excludes halogenated alkanes) is 1. The van der Waals surface area contributed by atoms with Gasteiger partial charge in [-0.15, -0.1) is 17.8 Å². The van der Waals surface area contributed by atoms with E-state index in [4.69, 9.17) is 21.1 Å². The van der Waals surface area contributed by atoms with Gasteiger partial charge in [-0.1, -0.05) is 63.1 Å². The zero-order valence-electron chi connectivity index (χ0n) is 43.8. The molecule has 16 nitrogen and oxygen atoms in total. The number of carbonyl (C=O) groups is 3. The lowest BCUT2D eigenvalue weighted by molar-refractivity contribution is -0.144. The summed E-state index contributed by atoms with van der Waals surface area (Å²) in [4.78, 5) is 67.4. The number of pyridine rings is 1. The molecular weight excluding hydrogens is 984 g/mol. The summed E-state index contributed by atoms with van der Waals surface area (Å²) >= 11 is 1.58. The largest absolute Gasteiger partial charge is 0.508 e. The first-order valence-corrected chi connectivity index (χ1v) is 27.5. The topological polar surface area (TPSA) is 198 Å². The minimum absolute atomic E-state index is 0.00921. The first-order valence-electron chi connectivity index (χ1n) is 26.6. The number of benzene rings is 3. The Balaban J connectivity index is 0.769. The number of nitrogens with one attached hydrogen (secondary N) is 3. The minimum Gasteiger partial charge on any atom is -0.508 e. The van der Waals surface area contributed by atoms with Crippen LogP contribution in [0.15, 0.2) is 66.3 Å². The van der Waals surface area contributed by atoms with Gasteiger partial charge in [0.05, 0.1) is 33.6 Å². The van der Waals surface area contributed by atoms with Crippen LogP contribution < -0.4 is 25.6 Å². The predicted molar refractivity (Wildman–Crippen MR) is 292 cm³/mol. The zero-order chi connectivity index (χ0) is 53.4. The second-order valence-electron chi connectivity index (χ2n) is 22.1. The number of anilines is 1. The van der Waals surface area contributed by atoms with Gasteiger partial charge >= 0.3 is 6.01 Å². The molecule has 4 saturated heterocycles. The van der Waals surface area contributed by atoms with Crippen molar-refractivity contribution in [2.75, 3.05) is 44.2 Å². The summed E-state index contributed by atoms with van der Waals surface area (Å²) in [6, 6.07) is 14.9. The number of hydrogen-bond acceptors (Lipinski definition) is 14. The Labute approximate surface area is 446 Å². The van der Waals surface area contributed by atoms with Crippen molar-refractivity contribution in [1.29, 1.82) is 0 Å². The zero-order valence-corrected chi connectivity index (χ0v) is 44.6. The summed E-state index contributed by atoms with van der Waals surface area (Å²) in [6.07, 6.45) is 12.2. The summed E-state index contributed by atoms with van der Waals surface area (Å²) in [6.45, 7) is 12.7. The van der Waals surface area contributed by atoms with E-state index < -0.39 is 35.3 Å². The van der Waals surface area contributed by atoms with Crippen LogP contribution in [0.3, 0.4) is 0 Å². The number of phenols is 1. The number of aromatic hydroxyl groups is 1. The smallest absolute Gasteiger partial charge is 0.319 e. The van der Waals surface area contributed by atoms with Gasteiger partial charge in [0.1, 0.15) is 41.5 Å². The van der Waals surface area contributed by atoms with E-state index >= 15 is 4.39 Å². The number of piperazine rings is 1. The summed E-state index contributed by atoms with van der Waals surface area (Å²) in [5.74, 6) is 1.53. The molecule has 2 bridgehead atoms. The Kier molecular flexibility index (Phi) is 15.3. The Bertz CT molecular complexity index is 3180. The third-order valence-corrected chi connectivity index (χ3v) is 16.6. The molecule has 4 aliphatic heterocycles. The van der Waals surface area contributed by atoms with Crippen molar-refractivity contribution in [2.45, 2.75) is 128 Å². The Hall–Kier alpha value is -6.78. The van der Waals surface area contributed by atoms with Crippen LogP contribution in [0.2, 0.25) is 0 Å². The van der Waals surface area contributed by atoms with Crippen LogP contribution in [-0.2, 0) is 14.4 Å². The minimum atomic E-state index is -0.926. The van der Waals surface area contributed by atoms with Gasteiger partial charge < -0.3 is 40.7 Å². The van der Waals surface area contributed by atoms with Crippen LogP contribution in [0.4, 0.5) is 10.2 Å². The van der Waals surface area contributed by atoms with Crippen LogP contribution in [-0.4, -0.2) is 133 Å². The molecule has 10 rings (SSSR count). The molecule has 398 valence electrons. The molecule has 0 aliphatic carbocycles. The molecule has 7 atom stereocenters. The van der Waals surface area contributed by atoms with E-state index in [-0.39, 0.29) is 84.9 Å². The quantitative estimate of drug-likeness (QED) is 0.0475. The summed E-state index contributed by atoms with van der Waals surface area (Å²) in [5.41, 5.74) is 5.03. The van der Waals surface area contributed by atoms with E-state index in [0.29, 0.717) is 59.2 Å². The number of rotatable bonds is 16. The van der Waals surface area contributed by atoms with Crippen molar-refractivity contribution in [3.63, 3.8) is 0 Å². The average molecular weight is 1050 g/mol. The van der Waals surface area contributed by atoms with E-state index in [9.17, 15) is 24.6 Å². The number of amides is 3. The van der Waals surface area contributed by atoms with Crippen molar-refractivity contribution in [1.82, 2.24) is 45.7 Å². The number of thiazole rings is 1. The maximum atomic E-state index is 17.2. The Morgan fingerprint density at radius 1 is 1.01 bits per heavy atom. The van der Waals surface area contributed by atoms with Gasteiger partial charge in [-0.2, -0.15) is 9.97 Å². The molecule has 4 fully saturated rings. The van der Waals surface area contributed by atoms with Crippen molar-refractivity contribution in [3.8, 4) is 45.8 Å². The number of phenolic OH excluding ortho intramolecular Hbond substituents is 1. The molecule has 0 spiro atoms. The summed E-state index contributed by atoms with van der Waals surface area (Å²) < 4.78 is 23.6. The van der Waals surface area contributed by atoms with Gasteiger partial charge in [0.2, 0.25) is 17.7 Å². The number of likely N-dealkylation sites (tertiary alicyclic amines) is 2. The van der Waals surface area contributed by atoms with Gasteiger partial charge in [-0.3, -0.25) is 24.3 Å². The number of aliphatic hydroxyl groups excluding tert-OH is 1. The lowest BCUT2D eigenvalue weighted by Gasteiger charge is -2.35. The average Bonchev–Trinajstić information content (AvgIpc) is 4.23. The standard InChI is InChI=1S/C58H67FN10O6S/c1-7-35-12-10-13-38-24-42(70)25-44(48(35)38)50-49(59)51-45(27-60-50)54(68-28-39-20-21-40(29-68)63-39)66-57(65-51)75-31-41-14-11-23-67(41)22-9-8-15-47(72)64-53(58(4,5)6)56(74)69-30-43(71)26-46(69)55(73)62-33(2)36-16-18-37(19-17-36)52-34(3)61-32-76-52/h1,10,12-13,16-19,24-25,27,32-33,39-41,43,46,53,63,70-71H,8-9,11,14-15,20-23,26,28-31H2,2-6H3,(H,62,73)(H,64,72)/t33-,39?,40?,41-,43+,46-,53+/m0/s1. The maximum Gasteiger partial charge on any atom is 0.319 e. The van der Waals surface area contributed by atoms with Gasteiger partial charge in [0, 0.05) is 73.3 Å². The van der Waals surface area contributed by atoms with Gasteiger partial charge in [0.25, 0.3) is 0 Å². The van der Waals surface area contributed by atoms with E-state index in [1.165, 1.54) is 11.0 Å². The van der Waals surface area contributed by atoms with E-state index in [1.54, 1.807) is 35.7 Å². The monoisotopic (exact) mass is 1050 g/mol. The van der Waals surface area contributed by atoms with Gasteiger partial charge in [-0.25, -0.2) is 9.37 Å². The third-order valence-electron chi connectivity index (χ3n) is 15.6. The lowest BCUT2D eigenvalue weighted by Crippen LogP contribution is -2.57. The number of aromatic nitrogens is 4. The maximum absolute atomic E-state index is 17.2. The fraction of sp³-hybridized carbons (Fsp3) is 0.466. The molecule has 18 heteroatoms. The van der Waals surface area contributed by atoms with Crippen LogP contribution >= 0.6 is 11.3 Å². The third kappa shape index (κ3) is 11.1. The highest BCUT2D eigenvalue weighted by molar-refractivity contribution is 7.13. The molecule has 0 saturated carbocycles. The molecule has 0 radical (unpaired) electrons. The first-order chi connectivity index (χ1) is 36.5. The number of aliphatic hydroxyl groups is 1. The van der Waals surface area contributed by atoms with Crippen LogP contribution in [0.25, 0.3) is 43.4 Å². The van der Waals surface area contributed by atoms with Crippen LogP contribution in [0.1, 0.15) is 102 Å². The van der Waals surface area contributed by atoms with Crippen molar-refractivity contribution >= 4 is 56.6 Å². The number of β-amino-alcohol motifs (C(OH)–C–C–N with tert-alkyl or cyclic N) is 1. The van der Waals surface area contributed by atoms with E-state index in [0.717, 1.165) is 60.3 Å². The Morgan fingerprint density at radius 3 is 2.51 bits per heavy atom. The number of halogens is 1. The fourth-order valence-electron chi connectivity index (χ4n) is 11.6. The van der Waals surface area contributed by atoms with Crippen molar-refractivity contribution in [2.24, 2.45) is 5.41 Å². The van der Waals surface area contributed by atoms with E-state index in [1.807, 2.05) is 70.5 Å². The molecule has 4 aliphatic rings. The number of terminal acetylenes is 1. The second kappa shape index (κ2) is 22.1. The second-order valence-corrected chi connectivity index (χ2v) is 22.9. The SMILES string of the molecule is C#Cc1cccc2cc(O)cc(-c3ncc4c(N5CC6CCC(C5)N6)nc(OC[C@@H]5CCCN5CCCCC(=O)N[C@H](C(=O)N5C[C@H](O)C[C@H]5C(=O)N[C@@H](C)c5ccc(-c6scnc6C)cc5)C(C)(C)C)nc4c3F)c12. The predicted octanol–water partition coefficient (Wildman–Crippen LogP) is 7.43. The van der Waals surface area contributed by atoms with E-state index in [2.05, 4.69) is 41.6 Å². The number of carbonyl (C=O) groups excluding carboxylic acids is 3. The number of fused-ring (bicyclic) bond motifs is 4. The number of ether oxygens (including phenoxy) is 1. The molecule has 5 N–H and O–H groups in total. The molecular formula is C58H67FN10O6S. The summed E-state index contributed by atoms with van der Waals surface area (Å²) in [7, 11) is 0. The highest BCUT2D eigenvalue weighted by Gasteiger charge is 2.45. The van der Waals surface area contributed by atoms with Gasteiger partial charge in [0.15, 0.2) is 5.82 Å². The number of aryl methyl sites for hydroxylation is 1. The number of nitrogens with zero attached hydrogens (tertiary/aromatic N) is 7. The van der Waals surface area contributed by atoms with Crippen molar-refractivity contribution in [3.05, 3.63) is 88.9 Å². The fourth-order valence-corrected chi connectivity index (χ4v) is 12.4. The highest BCUT2D eigenvalue weighted by atomic mass is 32.1. The normalized spacial score (nSPS) is 21.5. The summed E-state index contributed by atoms with van der Waals surface area (Å²) in [5, 5.41) is 33.0. The first kappa shape index (κ1) is 52.7. The van der Waals surface area contributed by atoms with Crippen LogP contribution in [0, 0.1) is 30.5 Å². The molecule has 76 heavy (non-hydrogen) atoms. The number of hydrogen-bond donors (Lipinski definition) is 5. The van der Waals surface area contributed by atoms with Crippen molar-refractivity contribution < 1.29 is 33.7 Å². The Morgan fingerprint density at radius 2 is 1.79 bits per heavy atom. The molecule has 3 amide bonds. The highest BCUT2D eigenvalue weighted by Crippen LogP contribution is 2.39. The molecule has 3 aromatic carbocycles.